The van der Waals surface area contributed by atoms with Crippen LogP contribution in [0, 0.1) is 6.92 Å². The molecule has 5 nitrogen and oxygen atoms in total. The lowest BCUT2D eigenvalue weighted by Crippen LogP contribution is -2.28. The van der Waals surface area contributed by atoms with Gasteiger partial charge in [0.05, 0.1) is 11.6 Å². The van der Waals surface area contributed by atoms with E-state index in [1.54, 1.807) is 30.6 Å². The van der Waals surface area contributed by atoms with Crippen LogP contribution >= 0.6 is 27.3 Å². The molecule has 3 aromatic rings. The third kappa shape index (κ3) is 3.63. The zero-order valence-electron chi connectivity index (χ0n) is 15.5. The molecule has 7 heteroatoms. The molecule has 1 atom stereocenters. The fraction of sp³-hybridized carbons (Fsp3) is 0.136. The maximum Gasteiger partial charge on any atom is 0.295 e. The van der Waals surface area contributed by atoms with Crippen molar-refractivity contribution in [3.05, 3.63) is 91.9 Å². The van der Waals surface area contributed by atoms with Gasteiger partial charge in [-0.05, 0) is 47.7 Å². The molecule has 1 saturated heterocycles. The number of aromatic nitrogens is 1. The fourth-order valence-corrected chi connectivity index (χ4v) is 4.51. The predicted molar refractivity (Wildman–Crippen MR) is 115 cm³/mol. The number of aliphatic hydroxyl groups excluding tert-OH is 1. The number of hydrogen-bond donors (Lipinski definition) is 1. The van der Waals surface area contributed by atoms with Crippen molar-refractivity contribution in [2.45, 2.75) is 19.5 Å². The largest absolute Gasteiger partial charge is 0.507 e. The third-order valence-corrected chi connectivity index (χ3v) is 6.67. The number of carbonyl (C=O) groups is 2. The summed E-state index contributed by atoms with van der Waals surface area (Å²) in [6.45, 7) is 2.13. The summed E-state index contributed by atoms with van der Waals surface area (Å²) in [5.41, 5.74) is 2.36. The molecule has 0 spiro atoms. The smallest absolute Gasteiger partial charge is 0.295 e. The van der Waals surface area contributed by atoms with E-state index in [1.165, 1.54) is 16.2 Å². The average Bonchev–Trinajstić information content (AvgIpc) is 3.33. The van der Waals surface area contributed by atoms with Gasteiger partial charge in [0.1, 0.15) is 5.76 Å². The zero-order chi connectivity index (χ0) is 20.5. The van der Waals surface area contributed by atoms with E-state index >= 15 is 0 Å². The van der Waals surface area contributed by atoms with Gasteiger partial charge in [0.2, 0.25) is 0 Å². The van der Waals surface area contributed by atoms with E-state index in [0.29, 0.717) is 5.56 Å². The minimum absolute atomic E-state index is 0.114. The highest BCUT2D eigenvalue weighted by molar-refractivity contribution is 9.10. The molecular weight excluding hydrogens is 452 g/mol. The van der Waals surface area contributed by atoms with Crippen molar-refractivity contribution in [1.82, 2.24) is 9.88 Å². The molecule has 0 aliphatic carbocycles. The van der Waals surface area contributed by atoms with Crippen LogP contribution in [0.2, 0.25) is 0 Å². The summed E-state index contributed by atoms with van der Waals surface area (Å²) >= 11 is 4.89. The molecule has 1 amide bonds. The van der Waals surface area contributed by atoms with Crippen LogP contribution in [0.1, 0.15) is 27.6 Å². The number of benzene rings is 1. The molecule has 3 heterocycles. The third-order valence-electron chi connectivity index (χ3n) is 4.86. The van der Waals surface area contributed by atoms with E-state index < -0.39 is 17.7 Å². The Hall–Kier alpha value is -2.77. The highest BCUT2D eigenvalue weighted by Gasteiger charge is 2.46. The van der Waals surface area contributed by atoms with Crippen molar-refractivity contribution in [2.24, 2.45) is 0 Å². The van der Waals surface area contributed by atoms with Crippen LogP contribution < -0.4 is 0 Å². The molecular formula is C22H17BrN2O3S. The van der Waals surface area contributed by atoms with Crippen molar-refractivity contribution in [3.63, 3.8) is 0 Å². The predicted octanol–water partition coefficient (Wildman–Crippen LogP) is 4.84. The van der Waals surface area contributed by atoms with Gasteiger partial charge in [0.15, 0.2) is 0 Å². The SMILES string of the molecule is Cc1cc(/C(O)=C2/C(=O)C(=O)N(Cc3cccnc3)C2c2cccs2)ccc1Br. The Labute approximate surface area is 180 Å². The number of hydrogen-bond acceptors (Lipinski definition) is 5. The molecule has 1 aromatic carbocycles. The Morgan fingerprint density at radius 2 is 2.07 bits per heavy atom. The summed E-state index contributed by atoms with van der Waals surface area (Å²) in [4.78, 5) is 32.3. The number of carbonyl (C=O) groups excluding carboxylic acids is 2. The number of pyridine rings is 1. The summed E-state index contributed by atoms with van der Waals surface area (Å²) in [6.07, 6.45) is 3.33. The lowest BCUT2D eigenvalue weighted by atomic mass is 9.99. The molecule has 0 radical (unpaired) electrons. The van der Waals surface area contributed by atoms with Crippen molar-refractivity contribution < 1.29 is 14.7 Å². The molecule has 0 saturated carbocycles. The minimum Gasteiger partial charge on any atom is -0.507 e. The van der Waals surface area contributed by atoms with Gasteiger partial charge in [0, 0.05) is 33.9 Å². The molecule has 1 aliphatic heterocycles. The molecule has 0 bridgehead atoms. The first-order valence-corrected chi connectivity index (χ1v) is 10.6. The van der Waals surface area contributed by atoms with Gasteiger partial charge in [-0.15, -0.1) is 11.3 Å². The standard InChI is InChI=1S/C22H17BrN2O3S/c1-13-10-15(6-7-16(13)23)20(26)18-19(17-5-3-9-29-17)25(22(28)21(18)27)12-14-4-2-8-24-11-14/h2-11,19,26H,12H2,1H3/b20-18-. The number of aliphatic hydroxyl groups is 1. The van der Waals surface area contributed by atoms with Gasteiger partial charge >= 0.3 is 0 Å². The van der Waals surface area contributed by atoms with Gasteiger partial charge in [-0.25, -0.2) is 0 Å². The first-order valence-electron chi connectivity index (χ1n) is 8.94. The molecule has 2 aromatic heterocycles. The van der Waals surface area contributed by atoms with Gasteiger partial charge in [0.25, 0.3) is 11.7 Å². The number of aryl methyl sites for hydroxylation is 1. The van der Waals surface area contributed by atoms with Crippen LogP contribution in [0.15, 0.2) is 70.3 Å². The highest BCUT2D eigenvalue weighted by Crippen LogP contribution is 2.42. The average molecular weight is 469 g/mol. The van der Waals surface area contributed by atoms with Crippen LogP contribution in [0.25, 0.3) is 5.76 Å². The molecule has 146 valence electrons. The topological polar surface area (TPSA) is 70.5 Å². The van der Waals surface area contributed by atoms with Crippen molar-refractivity contribution in [1.29, 1.82) is 0 Å². The summed E-state index contributed by atoms with van der Waals surface area (Å²) in [7, 11) is 0. The van der Waals surface area contributed by atoms with E-state index in [-0.39, 0.29) is 17.9 Å². The van der Waals surface area contributed by atoms with E-state index in [1.807, 2.05) is 36.6 Å². The number of ketones is 1. The second-order valence-electron chi connectivity index (χ2n) is 6.77. The highest BCUT2D eigenvalue weighted by atomic mass is 79.9. The van der Waals surface area contributed by atoms with Crippen LogP contribution in [-0.4, -0.2) is 26.7 Å². The zero-order valence-corrected chi connectivity index (χ0v) is 17.9. The number of nitrogens with zero attached hydrogens (tertiary/aromatic N) is 2. The Morgan fingerprint density at radius 3 is 2.72 bits per heavy atom. The minimum atomic E-state index is -0.676. The molecule has 1 N–H and O–H groups in total. The lowest BCUT2D eigenvalue weighted by Gasteiger charge is -2.24. The van der Waals surface area contributed by atoms with E-state index in [9.17, 15) is 14.7 Å². The first kappa shape index (κ1) is 19.5. The van der Waals surface area contributed by atoms with Crippen molar-refractivity contribution >= 4 is 44.7 Å². The maximum atomic E-state index is 12.9. The van der Waals surface area contributed by atoms with E-state index in [0.717, 1.165) is 20.5 Å². The van der Waals surface area contributed by atoms with Gasteiger partial charge in [-0.3, -0.25) is 14.6 Å². The number of amides is 1. The van der Waals surface area contributed by atoms with E-state index in [4.69, 9.17) is 0 Å². The van der Waals surface area contributed by atoms with Gasteiger partial charge in [-0.1, -0.05) is 34.1 Å². The van der Waals surface area contributed by atoms with Crippen LogP contribution in [0.5, 0.6) is 0 Å². The molecule has 1 aliphatic rings. The number of thiophene rings is 1. The number of Topliss-reactive ketones (excluding diaryl/α,β-unsaturated/α-hetero) is 1. The normalized spacial score (nSPS) is 18.4. The fourth-order valence-electron chi connectivity index (χ4n) is 3.42. The maximum absolute atomic E-state index is 12.9. The quantitative estimate of drug-likeness (QED) is 0.338. The molecule has 4 rings (SSSR count). The molecule has 1 unspecified atom stereocenters. The van der Waals surface area contributed by atoms with Crippen LogP contribution in [0.4, 0.5) is 0 Å². The summed E-state index contributed by atoms with van der Waals surface area (Å²) in [6, 6.07) is 12.1. The Morgan fingerprint density at radius 1 is 1.24 bits per heavy atom. The lowest BCUT2D eigenvalue weighted by molar-refractivity contribution is -0.140. The van der Waals surface area contributed by atoms with Crippen LogP contribution in [0.3, 0.4) is 0 Å². The van der Waals surface area contributed by atoms with Gasteiger partial charge in [-0.2, -0.15) is 0 Å². The second-order valence-corrected chi connectivity index (χ2v) is 8.60. The molecule has 1 fully saturated rings. The Bertz CT molecular complexity index is 1110. The second kappa shape index (κ2) is 7.93. The van der Waals surface area contributed by atoms with Crippen molar-refractivity contribution in [3.8, 4) is 0 Å². The van der Waals surface area contributed by atoms with Gasteiger partial charge < -0.3 is 10.0 Å². The summed E-state index contributed by atoms with van der Waals surface area (Å²) in [5, 5.41) is 12.9. The number of halogens is 1. The first-order chi connectivity index (χ1) is 14.0. The summed E-state index contributed by atoms with van der Waals surface area (Å²) in [5.74, 6) is -1.46. The van der Waals surface area contributed by atoms with Crippen LogP contribution in [-0.2, 0) is 16.1 Å². The monoisotopic (exact) mass is 468 g/mol. The number of likely N-dealkylation sites (tertiary alicyclic amines) is 1. The number of rotatable bonds is 4. The molecule has 29 heavy (non-hydrogen) atoms. The Kier molecular flexibility index (Phi) is 5.34. The Balaban J connectivity index is 1.84. The van der Waals surface area contributed by atoms with E-state index in [2.05, 4.69) is 20.9 Å². The summed E-state index contributed by atoms with van der Waals surface area (Å²) < 4.78 is 0.904. The van der Waals surface area contributed by atoms with Crippen molar-refractivity contribution in [2.75, 3.05) is 0 Å².